The zero-order valence-electron chi connectivity index (χ0n) is 7.53. The number of carbonyl (C=O) groups is 1. The van der Waals surface area contributed by atoms with Crippen LogP contribution in [-0.2, 0) is 16.0 Å². The number of ether oxygens (including phenoxy) is 1. The lowest BCUT2D eigenvalue weighted by Gasteiger charge is -2.26. The Morgan fingerprint density at radius 2 is 2.57 bits per heavy atom. The van der Waals surface area contributed by atoms with Crippen LogP contribution in [0.1, 0.15) is 5.69 Å². The molecular formula is C8H11N3O2S. The third-order valence-corrected chi connectivity index (χ3v) is 2.64. The van der Waals surface area contributed by atoms with E-state index in [-0.39, 0.29) is 11.9 Å². The molecule has 0 aliphatic carbocycles. The SMILES string of the molecule is Nc1nc(CC(=O)NC2COC2)cs1. The van der Waals surface area contributed by atoms with Gasteiger partial charge >= 0.3 is 0 Å². The van der Waals surface area contributed by atoms with Crippen molar-refractivity contribution in [1.82, 2.24) is 10.3 Å². The Morgan fingerprint density at radius 3 is 3.07 bits per heavy atom. The molecule has 0 saturated carbocycles. The van der Waals surface area contributed by atoms with Crippen LogP contribution in [0.4, 0.5) is 5.13 Å². The molecule has 1 aromatic rings. The van der Waals surface area contributed by atoms with E-state index in [1.54, 1.807) is 5.38 Å². The van der Waals surface area contributed by atoms with Crippen molar-refractivity contribution >= 4 is 22.4 Å². The first-order valence-corrected chi connectivity index (χ1v) is 5.19. The molecule has 1 fully saturated rings. The number of nitrogens with two attached hydrogens (primary N) is 1. The molecule has 1 amide bonds. The van der Waals surface area contributed by atoms with Gasteiger partial charge in [-0.1, -0.05) is 0 Å². The molecule has 0 atom stereocenters. The number of nitrogens with one attached hydrogen (secondary N) is 1. The van der Waals surface area contributed by atoms with E-state index in [1.165, 1.54) is 11.3 Å². The number of hydrogen-bond acceptors (Lipinski definition) is 5. The van der Waals surface area contributed by atoms with Gasteiger partial charge in [0.15, 0.2) is 5.13 Å². The fourth-order valence-corrected chi connectivity index (χ4v) is 1.73. The van der Waals surface area contributed by atoms with E-state index in [2.05, 4.69) is 10.3 Å². The Hall–Kier alpha value is -1.14. The number of nitrogen functional groups attached to an aromatic ring is 1. The van der Waals surface area contributed by atoms with E-state index in [0.717, 1.165) is 5.69 Å². The highest BCUT2D eigenvalue weighted by molar-refractivity contribution is 7.13. The number of carbonyl (C=O) groups excluding carboxylic acids is 1. The Morgan fingerprint density at radius 1 is 1.79 bits per heavy atom. The molecule has 0 aromatic carbocycles. The summed E-state index contributed by atoms with van der Waals surface area (Å²) in [5.41, 5.74) is 6.18. The lowest BCUT2D eigenvalue weighted by atomic mass is 10.2. The van der Waals surface area contributed by atoms with Crippen molar-refractivity contribution < 1.29 is 9.53 Å². The van der Waals surface area contributed by atoms with Gasteiger partial charge in [0.05, 0.1) is 31.4 Å². The van der Waals surface area contributed by atoms with Gasteiger partial charge in [0, 0.05) is 5.38 Å². The molecule has 76 valence electrons. The van der Waals surface area contributed by atoms with Crippen LogP contribution in [0.15, 0.2) is 5.38 Å². The number of thiazole rings is 1. The maximum absolute atomic E-state index is 11.4. The first kappa shape index (κ1) is 9.42. The summed E-state index contributed by atoms with van der Waals surface area (Å²) in [5, 5.41) is 5.13. The Bertz CT molecular complexity index is 335. The van der Waals surface area contributed by atoms with Crippen molar-refractivity contribution in [3.8, 4) is 0 Å². The largest absolute Gasteiger partial charge is 0.377 e. The first-order chi connectivity index (χ1) is 6.74. The van der Waals surface area contributed by atoms with Gasteiger partial charge in [-0.05, 0) is 0 Å². The standard InChI is InChI=1S/C8H11N3O2S/c9-8-11-5(4-14-8)1-7(12)10-6-2-13-3-6/h4,6H,1-3H2,(H2,9,11)(H,10,12). The normalized spacial score (nSPS) is 16.3. The van der Waals surface area contributed by atoms with Gasteiger partial charge in [-0.2, -0.15) is 0 Å². The van der Waals surface area contributed by atoms with Crippen LogP contribution in [0.3, 0.4) is 0 Å². The maximum atomic E-state index is 11.4. The minimum atomic E-state index is -0.0244. The first-order valence-electron chi connectivity index (χ1n) is 4.31. The molecule has 5 nitrogen and oxygen atoms in total. The van der Waals surface area contributed by atoms with Crippen molar-refractivity contribution in [3.05, 3.63) is 11.1 Å². The molecule has 1 aliphatic heterocycles. The van der Waals surface area contributed by atoms with Crippen LogP contribution in [0.5, 0.6) is 0 Å². The van der Waals surface area contributed by atoms with E-state index in [0.29, 0.717) is 24.8 Å². The van der Waals surface area contributed by atoms with Crippen LogP contribution in [0.25, 0.3) is 0 Å². The molecule has 3 N–H and O–H groups in total. The minimum Gasteiger partial charge on any atom is -0.377 e. The van der Waals surface area contributed by atoms with E-state index >= 15 is 0 Å². The van der Waals surface area contributed by atoms with E-state index in [9.17, 15) is 4.79 Å². The van der Waals surface area contributed by atoms with Crippen LogP contribution >= 0.6 is 11.3 Å². The maximum Gasteiger partial charge on any atom is 0.226 e. The van der Waals surface area contributed by atoms with Crippen LogP contribution in [-0.4, -0.2) is 30.1 Å². The molecule has 1 saturated heterocycles. The third-order valence-electron chi connectivity index (χ3n) is 1.91. The molecule has 0 spiro atoms. The summed E-state index contributed by atoms with van der Waals surface area (Å²) in [6.07, 6.45) is 0.296. The number of aromatic nitrogens is 1. The van der Waals surface area contributed by atoms with E-state index in [1.807, 2.05) is 0 Å². The quantitative estimate of drug-likeness (QED) is 0.728. The molecule has 1 aromatic heterocycles. The molecule has 1 aliphatic rings. The molecule has 6 heteroatoms. The van der Waals surface area contributed by atoms with Crippen molar-refractivity contribution in [2.24, 2.45) is 0 Å². The van der Waals surface area contributed by atoms with Crippen LogP contribution in [0.2, 0.25) is 0 Å². The summed E-state index contributed by atoms with van der Waals surface area (Å²) in [5.74, 6) is -0.0244. The van der Waals surface area contributed by atoms with Gasteiger partial charge < -0.3 is 15.8 Å². The van der Waals surface area contributed by atoms with Crippen molar-refractivity contribution in [2.45, 2.75) is 12.5 Å². The molecular weight excluding hydrogens is 202 g/mol. The predicted octanol–water partition coefficient (Wildman–Crippen LogP) is -0.217. The second-order valence-electron chi connectivity index (χ2n) is 3.16. The van der Waals surface area contributed by atoms with Crippen molar-refractivity contribution in [1.29, 1.82) is 0 Å². The fraction of sp³-hybridized carbons (Fsp3) is 0.500. The number of anilines is 1. The van der Waals surface area contributed by atoms with Gasteiger partial charge in [0.1, 0.15) is 0 Å². The zero-order valence-corrected chi connectivity index (χ0v) is 8.34. The molecule has 2 heterocycles. The molecule has 2 rings (SSSR count). The molecule has 0 unspecified atom stereocenters. The summed E-state index contributed by atoms with van der Waals surface area (Å²) in [6.45, 7) is 1.23. The lowest BCUT2D eigenvalue weighted by molar-refractivity contribution is -0.124. The number of hydrogen-bond donors (Lipinski definition) is 2. The van der Waals surface area contributed by atoms with E-state index < -0.39 is 0 Å². The smallest absolute Gasteiger partial charge is 0.226 e. The topological polar surface area (TPSA) is 77.2 Å². The average molecular weight is 213 g/mol. The predicted molar refractivity (Wildman–Crippen MR) is 53.0 cm³/mol. The number of amides is 1. The summed E-state index contributed by atoms with van der Waals surface area (Å²) in [7, 11) is 0. The minimum absolute atomic E-state index is 0.0244. The van der Waals surface area contributed by atoms with Crippen molar-refractivity contribution in [2.75, 3.05) is 18.9 Å². The van der Waals surface area contributed by atoms with Gasteiger partial charge in [0.2, 0.25) is 5.91 Å². The Labute approximate surface area is 85.3 Å². The second kappa shape index (κ2) is 3.93. The van der Waals surface area contributed by atoms with Gasteiger partial charge in [-0.15, -0.1) is 11.3 Å². The van der Waals surface area contributed by atoms with Gasteiger partial charge in [-0.3, -0.25) is 4.79 Å². The highest BCUT2D eigenvalue weighted by Crippen LogP contribution is 2.11. The highest BCUT2D eigenvalue weighted by Gasteiger charge is 2.20. The van der Waals surface area contributed by atoms with E-state index in [4.69, 9.17) is 10.5 Å². The zero-order chi connectivity index (χ0) is 9.97. The molecule has 0 radical (unpaired) electrons. The lowest BCUT2D eigenvalue weighted by Crippen LogP contribution is -2.49. The van der Waals surface area contributed by atoms with Crippen molar-refractivity contribution in [3.63, 3.8) is 0 Å². The summed E-state index contributed by atoms with van der Waals surface area (Å²) in [6, 6.07) is 0.179. The molecule has 0 bridgehead atoms. The fourth-order valence-electron chi connectivity index (χ4n) is 1.17. The Balaban J connectivity index is 1.81. The molecule has 14 heavy (non-hydrogen) atoms. The number of rotatable bonds is 3. The second-order valence-corrected chi connectivity index (χ2v) is 4.05. The van der Waals surface area contributed by atoms with Crippen LogP contribution in [0, 0.1) is 0 Å². The van der Waals surface area contributed by atoms with Crippen LogP contribution < -0.4 is 11.1 Å². The Kier molecular flexibility index (Phi) is 2.64. The van der Waals surface area contributed by atoms with Gasteiger partial charge in [-0.25, -0.2) is 4.98 Å². The third kappa shape index (κ3) is 2.21. The summed E-state index contributed by atoms with van der Waals surface area (Å²) in [4.78, 5) is 15.4. The highest BCUT2D eigenvalue weighted by atomic mass is 32.1. The number of nitrogens with zero attached hydrogens (tertiary/aromatic N) is 1. The van der Waals surface area contributed by atoms with Gasteiger partial charge in [0.25, 0.3) is 0 Å². The average Bonchev–Trinajstić information content (AvgIpc) is 2.44. The summed E-state index contributed by atoms with van der Waals surface area (Å²) < 4.78 is 4.94. The summed E-state index contributed by atoms with van der Waals surface area (Å²) >= 11 is 1.35. The monoisotopic (exact) mass is 213 g/mol.